The second-order valence-electron chi connectivity index (χ2n) is 7.07. The van der Waals surface area contributed by atoms with Crippen LogP contribution in [-0.2, 0) is 0 Å². The molecule has 5 nitrogen and oxygen atoms in total. The maximum Gasteiger partial charge on any atom is 0.322 e. The molecule has 3 amide bonds. The summed E-state index contributed by atoms with van der Waals surface area (Å²) in [5, 5.41) is 3.66. The number of hydrogen-bond donors (Lipinski definition) is 1. The maximum atomic E-state index is 12.9. The molecule has 27 heavy (non-hydrogen) atoms. The first-order chi connectivity index (χ1) is 12.9. The molecule has 0 aromatic heterocycles. The Bertz CT molecular complexity index is 866. The number of rotatable bonds is 3. The molecule has 1 saturated heterocycles. The van der Waals surface area contributed by atoms with Gasteiger partial charge in [0.2, 0.25) is 0 Å². The summed E-state index contributed by atoms with van der Waals surface area (Å²) < 4.78 is 0. The molecule has 1 aliphatic rings. The lowest BCUT2D eigenvalue weighted by Crippen LogP contribution is -2.34. The SMILES string of the molecule is Cc1ccc(C(=O)N(C)C)cc1NC(=O)N1CCCC1c1cccc(Cl)c1. The van der Waals surface area contributed by atoms with Gasteiger partial charge >= 0.3 is 6.03 Å². The number of nitrogens with zero attached hydrogens (tertiary/aromatic N) is 2. The third-order valence-corrected chi connectivity index (χ3v) is 5.11. The van der Waals surface area contributed by atoms with Gasteiger partial charge in [0.25, 0.3) is 5.91 Å². The van der Waals surface area contributed by atoms with Crippen LogP contribution >= 0.6 is 11.6 Å². The van der Waals surface area contributed by atoms with E-state index in [9.17, 15) is 9.59 Å². The van der Waals surface area contributed by atoms with E-state index in [1.54, 1.807) is 26.2 Å². The van der Waals surface area contributed by atoms with E-state index in [1.165, 1.54) is 4.90 Å². The molecule has 0 saturated carbocycles. The highest BCUT2D eigenvalue weighted by atomic mass is 35.5. The highest BCUT2D eigenvalue weighted by Gasteiger charge is 2.30. The highest BCUT2D eigenvalue weighted by molar-refractivity contribution is 6.30. The summed E-state index contributed by atoms with van der Waals surface area (Å²) in [5.74, 6) is -0.0940. The molecule has 1 heterocycles. The number of carbonyl (C=O) groups excluding carboxylic acids is 2. The number of amides is 3. The predicted octanol–water partition coefficient (Wildman–Crippen LogP) is 4.72. The van der Waals surface area contributed by atoms with Gasteiger partial charge in [-0.3, -0.25) is 4.79 Å². The second kappa shape index (κ2) is 8.01. The van der Waals surface area contributed by atoms with Crippen molar-refractivity contribution < 1.29 is 9.59 Å². The smallest absolute Gasteiger partial charge is 0.322 e. The fourth-order valence-electron chi connectivity index (χ4n) is 3.41. The van der Waals surface area contributed by atoms with Crippen LogP contribution in [0.25, 0.3) is 0 Å². The summed E-state index contributed by atoms with van der Waals surface area (Å²) in [6.45, 7) is 2.61. The molecule has 1 fully saturated rings. The monoisotopic (exact) mass is 385 g/mol. The number of aryl methyl sites for hydroxylation is 1. The zero-order valence-electron chi connectivity index (χ0n) is 15.8. The van der Waals surface area contributed by atoms with Crippen molar-refractivity contribution >= 4 is 29.2 Å². The Balaban J connectivity index is 1.80. The van der Waals surface area contributed by atoms with Gasteiger partial charge in [-0.15, -0.1) is 0 Å². The van der Waals surface area contributed by atoms with E-state index in [1.807, 2.05) is 42.2 Å². The molecule has 1 unspecified atom stereocenters. The molecule has 1 atom stereocenters. The molecule has 6 heteroatoms. The quantitative estimate of drug-likeness (QED) is 0.831. The number of likely N-dealkylation sites (tertiary alicyclic amines) is 1. The molecule has 0 spiro atoms. The molecule has 3 rings (SSSR count). The molecule has 2 aromatic rings. The Hall–Kier alpha value is -2.53. The molecule has 0 aliphatic carbocycles. The molecular formula is C21H24ClN3O2. The standard InChI is InChI=1S/C21H24ClN3O2/c1-14-9-10-16(20(26)24(2)3)13-18(14)23-21(27)25-11-5-8-19(25)15-6-4-7-17(22)12-15/h4,6-7,9-10,12-13,19H,5,8,11H2,1-3H3,(H,23,27). The number of anilines is 1. The van der Waals surface area contributed by atoms with Gasteiger partial charge in [-0.1, -0.05) is 29.8 Å². The van der Waals surface area contributed by atoms with E-state index in [0.717, 1.165) is 24.0 Å². The lowest BCUT2D eigenvalue weighted by molar-refractivity contribution is 0.0827. The van der Waals surface area contributed by atoms with Gasteiger partial charge in [-0.25, -0.2) is 4.79 Å². The minimum atomic E-state index is -0.157. The van der Waals surface area contributed by atoms with Crippen LogP contribution in [0.5, 0.6) is 0 Å². The lowest BCUT2D eigenvalue weighted by atomic mass is 10.0. The normalized spacial score (nSPS) is 16.3. The summed E-state index contributed by atoms with van der Waals surface area (Å²) in [7, 11) is 3.42. The van der Waals surface area contributed by atoms with Crippen LogP contribution in [0.4, 0.5) is 10.5 Å². The molecule has 1 N–H and O–H groups in total. The Morgan fingerprint density at radius 1 is 1.19 bits per heavy atom. The van der Waals surface area contributed by atoms with Crippen molar-refractivity contribution in [3.8, 4) is 0 Å². The average molecular weight is 386 g/mol. The first-order valence-corrected chi connectivity index (χ1v) is 9.40. The third-order valence-electron chi connectivity index (χ3n) is 4.88. The van der Waals surface area contributed by atoms with Crippen LogP contribution < -0.4 is 5.32 Å². The van der Waals surface area contributed by atoms with E-state index in [2.05, 4.69) is 5.32 Å². The number of urea groups is 1. The van der Waals surface area contributed by atoms with E-state index in [0.29, 0.717) is 22.8 Å². The fourth-order valence-corrected chi connectivity index (χ4v) is 3.60. The van der Waals surface area contributed by atoms with E-state index < -0.39 is 0 Å². The van der Waals surface area contributed by atoms with Crippen molar-refractivity contribution in [3.63, 3.8) is 0 Å². The van der Waals surface area contributed by atoms with Crippen LogP contribution in [0.3, 0.4) is 0 Å². The summed E-state index contributed by atoms with van der Waals surface area (Å²) in [6.07, 6.45) is 1.86. The predicted molar refractivity (Wildman–Crippen MR) is 108 cm³/mol. The van der Waals surface area contributed by atoms with Crippen LogP contribution in [0.2, 0.25) is 5.02 Å². The summed E-state index contributed by atoms with van der Waals surface area (Å²) in [6, 6.07) is 12.9. The van der Waals surface area contributed by atoms with Crippen molar-refractivity contribution in [1.29, 1.82) is 0 Å². The first kappa shape index (κ1) is 19.2. The van der Waals surface area contributed by atoms with Gasteiger partial charge in [0.1, 0.15) is 0 Å². The molecule has 1 aliphatic heterocycles. The van der Waals surface area contributed by atoms with Crippen molar-refractivity contribution in [3.05, 3.63) is 64.2 Å². The second-order valence-corrected chi connectivity index (χ2v) is 7.50. The number of hydrogen-bond acceptors (Lipinski definition) is 2. The Labute approximate surface area is 164 Å². The van der Waals surface area contributed by atoms with Crippen molar-refractivity contribution in [2.45, 2.75) is 25.8 Å². The van der Waals surface area contributed by atoms with E-state index >= 15 is 0 Å². The topological polar surface area (TPSA) is 52.7 Å². The summed E-state index contributed by atoms with van der Waals surface area (Å²) in [4.78, 5) is 28.5. The lowest BCUT2D eigenvalue weighted by Gasteiger charge is -2.26. The first-order valence-electron chi connectivity index (χ1n) is 9.02. The number of nitrogens with one attached hydrogen (secondary N) is 1. The Morgan fingerprint density at radius 3 is 2.67 bits per heavy atom. The van der Waals surface area contributed by atoms with Gasteiger partial charge in [-0.05, 0) is 55.2 Å². The fraction of sp³-hybridized carbons (Fsp3) is 0.333. The summed E-state index contributed by atoms with van der Waals surface area (Å²) >= 11 is 6.12. The number of carbonyl (C=O) groups is 2. The van der Waals surface area contributed by atoms with Crippen molar-refractivity contribution in [2.24, 2.45) is 0 Å². The van der Waals surface area contributed by atoms with Gasteiger partial charge in [-0.2, -0.15) is 0 Å². The van der Waals surface area contributed by atoms with Crippen molar-refractivity contribution in [1.82, 2.24) is 9.80 Å². The van der Waals surface area contributed by atoms with Crippen LogP contribution in [0.15, 0.2) is 42.5 Å². The van der Waals surface area contributed by atoms with Crippen LogP contribution in [0.1, 0.15) is 40.4 Å². The summed E-state index contributed by atoms with van der Waals surface area (Å²) in [5.41, 5.74) is 3.17. The Morgan fingerprint density at radius 2 is 1.96 bits per heavy atom. The molecule has 0 bridgehead atoms. The minimum absolute atomic E-state index is 0.00981. The van der Waals surface area contributed by atoms with Gasteiger partial charge in [0, 0.05) is 36.9 Å². The third kappa shape index (κ3) is 4.25. The molecule has 142 valence electrons. The number of halogens is 1. The van der Waals surface area contributed by atoms with Crippen LogP contribution in [0, 0.1) is 6.92 Å². The van der Waals surface area contributed by atoms with Crippen LogP contribution in [-0.4, -0.2) is 42.4 Å². The number of benzene rings is 2. The minimum Gasteiger partial charge on any atom is -0.345 e. The Kier molecular flexibility index (Phi) is 5.71. The zero-order chi connectivity index (χ0) is 19.6. The van der Waals surface area contributed by atoms with Gasteiger partial charge < -0.3 is 15.1 Å². The molecular weight excluding hydrogens is 362 g/mol. The van der Waals surface area contributed by atoms with Gasteiger partial charge in [0.15, 0.2) is 0 Å². The van der Waals surface area contributed by atoms with E-state index in [4.69, 9.17) is 11.6 Å². The maximum absolute atomic E-state index is 12.9. The van der Waals surface area contributed by atoms with Crippen molar-refractivity contribution in [2.75, 3.05) is 26.0 Å². The molecule has 2 aromatic carbocycles. The zero-order valence-corrected chi connectivity index (χ0v) is 16.6. The highest BCUT2D eigenvalue weighted by Crippen LogP contribution is 2.33. The van der Waals surface area contributed by atoms with E-state index in [-0.39, 0.29) is 18.0 Å². The van der Waals surface area contributed by atoms with Gasteiger partial charge in [0.05, 0.1) is 6.04 Å². The largest absolute Gasteiger partial charge is 0.345 e. The average Bonchev–Trinajstić information content (AvgIpc) is 3.13. The molecule has 0 radical (unpaired) electrons.